The highest BCUT2D eigenvalue weighted by Crippen LogP contribution is 2.29. The molecule has 0 saturated heterocycles. The summed E-state index contributed by atoms with van der Waals surface area (Å²) in [7, 11) is 3.06. The summed E-state index contributed by atoms with van der Waals surface area (Å²) in [6.07, 6.45) is 0.392. The molecular formula is C22H23N3O4. The van der Waals surface area contributed by atoms with Crippen molar-refractivity contribution in [3.63, 3.8) is 0 Å². The van der Waals surface area contributed by atoms with Crippen LogP contribution in [0, 0.1) is 0 Å². The highest BCUT2D eigenvalue weighted by atomic mass is 16.5. The molecule has 0 saturated carbocycles. The number of hydrogen-bond donors (Lipinski definition) is 1. The number of carbonyl (C=O) groups is 1. The number of hydrogen-bond acceptors (Lipinski definition) is 5. The second kappa shape index (κ2) is 9.05. The quantitative estimate of drug-likeness (QED) is 0.664. The van der Waals surface area contributed by atoms with Crippen molar-refractivity contribution in [2.75, 3.05) is 19.5 Å². The summed E-state index contributed by atoms with van der Waals surface area (Å²) < 4.78 is 11.8. The van der Waals surface area contributed by atoms with Gasteiger partial charge in [-0.1, -0.05) is 37.3 Å². The van der Waals surface area contributed by atoms with Crippen molar-refractivity contribution in [3.8, 4) is 22.8 Å². The zero-order valence-corrected chi connectivity index (χ0v) is 16.6. The summed E-state index contributed by atoms with van der Waals surface area (Å²) >= 11 is 0. The minimum atomic E-state index is -0.776. The van der Waals surface area contributed by atoms with Gasteiger partial charge in [-0.25, -0.2) is 4.68 Å². The molecule has 0 aliphatic heterocycles. The first kappa shape index (κ1) is 20.1. The third kappa shape index (κ3) is 4.45. The summed E-state index contributed by atoms with van der Waals surface area (Å²) in [6, 6.07) is 16.9. The average molecular weight is 393 g/mol. The Morgan fingerprint density at radius 3 is 2.48 bits per heavy atom. The summed E-state index contributed by atoms with van der Waals surface area (Å²) in [6.45, 7) is 1.83. The van der Waals surface area contributed by atoms with Crippen LogP contribution in [0.2, 0.25) is 0 Å². The van der Waals surface area contributed by atoms with E-state index in [1.54, 1.807) is 31.4 Å². The van der Waals surface area contributed by atoms with E-state index in [0.717, 1.165) is 5.56 Å². The maximum absolute atomic E-state index is 13.0. The van der Waals surface area contributed by atoms with E-state index in [9.17, 15) is 9.59 Å². The molecule has 0 fully saturated rings. The van der Waals surface area contributed by atoms with Gasteiger partial charge >= 0.3 is 0 Å². The van der Waals surface area contributed by atoms with E-state index >= 15 is 0 Å². The Kier molecular flexibility index (Phi) is 6.29. The van der Waals surface area contributed by atoms with Gasteiger partial charge in [0.1, 0.15) is 17.5 Å². The highest BCUT2D eigenvalue weighted by molar-refractivity contribution is 5.95. The van der Waals surface area contributed by atoms with Gasteiger partial charge in [-0.15, -0.1) is 0 Å². The minimum Gasteiger partial charge on any atom is -0.497 e. The number of aromatic nitrogens is 2. The Hall–Kier alpha value is -3.61. The predicted octanol–water partition coefficient (Wildman–Crippen LogP) is 3.52. The molecule has 1 unspecified atom stereocenters. The molecule has 1 atom stereocenters. The fourth-order valence-electron chi connectivity index (χ4n) is 3.01. The van der Waals surface area contributed by atoms with Gasteiger partial charge in [0.15, 0.2) is 0 Å². The molecule has 0 spiro atoms. The number of benzene rings is 2. The molecule has 7 heteroatoms. The minimum absolute atomic E-state index is 0.343. The van der Waals surface area contributed by atoms with Gasteiger partial charge in [0.2, 0.25) is 5.91 Å². The molecule has 2 aromatic carbocycles. The van der Waals surface area contributed by atoms with E-state index < -0.39 is 6.04 Å². The molecule has 0 radical (unpaired) electrons. The number of nitrogens with one attached hydrogen (secondary N) is 1. The highest BCUT2D eigenvalue weighted by Gasteiger charge is 2.23. The zero-order valence-electron chi connectivity index (χ0n) is 16.6. The SMILES string of the molecule is CCC(C(=O)Nc1cc(OC)ccc1OC)n1nc(-c2ccccc2)ccc1=O. The largest absolute Gasteiger partial charge is 0.497 e. The first-order valence-electron chi connectivity index (χ1n) is 9.25. The average Bonchev–Trinajstić information content (AvgIpc) is 2.76. The van der Waals surface area contributed by atoms with Gasteiger partial charge in [0.05, 0.1) is 25.6 Å². The van der Waals surface area contributed by atoms with Crippen LogP contribution in [0.4, 0.5) is 5.69 Å². The third-order valence-corrected chi connectivity index (χ3v) is 4.54. The van der Waals surface area contributed by atoms with Crippen LogP contribution in [0.3, 0.4) is 0 Å². The summed E-state index contributed by atoms with van der Waals surface area (Å²) in [5, 5.41) is 7.27. The smallest absolute Gasteiger partial charge is 0.267 e. The molecule has 29 heavy (non-hydrogen) atoms. The van der Waals surface area contributed by atoms with E-state index in [0.29, 0.717) is 29.3 Å². The van der Waals surface area contributed by atoms with Gasteiger partial charge in [-0.3, -0.25) is 9.59 Å². The number of methoxy groups -OCH3 is 2. The lowest BCUT2D eigenvalue weighted by molar-refractivity contribution is -0.119. The standard InChI is InChI=1S/C22H23N3O4/c1-4-19(22(27)23-18-14-16(28-2)10-12-20(18)29-3)25-21(26)13-11-17(24-25)15-8-6-5-7-9-15/h5-14,19H,4H2,1-3H3,(H,23,27). The summed E-state index contributed by atoms with van der Waals surface area (Å²) in [5.74, 6) is 0.710. The van der Waals surface area contributed by atoms with Crippen molar-refractivity contribution in [2.45, 2.75) is 19.4 Å². The van der Waals surface area contributed by atoms with Crippen LogP contribution in [0.1, 0.15) is 19.4 Å². The molecule has 3 aromatic rings. The van der Waals surface area contributed by atoms with Gasteiger partial charge in [-0.2, -0.15) is 5.10 Å². The fraction of sp³-hybridized carbons (Fsp3) is 0.227. The number of anilines is 1. The van der Waals surface area contributed by atoms with Crippen LogP contribution < -0.4 is 20.3 Å². The number of rotatable bonds is 7. The Balaban J connectivity index is 1.94. The topological polar surface area (TPSA) is 82.4 Å². The zero-order chi connectivity index (χ0) is 20.8. The van der Waals surface area contributed by atoms with Crippen LogP contribution in [-0.2, 0) is 4.79 Å². The number of carbonyl (C=O) groups excluding carboxylic acids is 1. The molecule has 1 heterocycles. The van der Waals surface area contributed by atoms with Gasteiger partial charge < -0.3 is 14.8 Å². The number of nitrogens with zero attached hydrogens (tertiary/aromatic N) is 2. The maximum Gasteiger partial charge on any atom is 0.267 e. The molecular weight excluding hydrogens is 370 g/mol. The molecule has 1 aromatic heterocycles. The summed E-state index contributed by atoms with van der Waals surface area (Å²) in [4.78, 5) is 25.5. The van der Waals surface area contributed by atoms with Crippen LogP contribution in [0.25, 0.3) is 11.3 Å². The Labute approximate surface area is 168 Å². The van der Waals surface area contributed by atoms with E-state index in [1.165, 1.54) is 17.9 Å². The third-order valence-electron chi connectivity index (χ3n) is 4.54. The number of ether oxygens (including phenoxy) is 2. The Morgan fingerprint density at radius 2 is 1.83 bits per heavy atom. The Bertz CT molecular complexity index is 1050. The van der Waals surface area contributed by atoms with Crippen molar-refractivity contribution in [3.05, 3.63) is 71.0 Å². The lowest BCUT2D eigenvalue weighted by atomic mass is 10.1. The lowest BCUT2D eigenvalue weighted by Gasteiger charge is -2.19. The van der Waals surface area contributed by atoms with Crippen LogP contribution >= 0.6 is 0 Å². The maximum atomic E-state index is 13.0. The Morgan fingerprint density at radius 1 is 1.07 bits per heavy atom. The number of amides is 1. The van der Waals surface area contributed by atoms with E-state index in [4.69, 9.17) is 9.47 Å². The van der Waals surface area contributed by atoms with Crippen molar-refractivity contribution >= 4 is 11.6 Å². The van der Waals surface area contributed by atoms with Gasteiger partial charge in [0.25, 0.3) is 5.56 Å². The van der Waals surface area contributed by atoms with E-state index in [2.05, 4.69) is 10.4 Å². The van der Waals surface area contributed by atoms with Crippen molar-refractivity contribution in [1.82, 2.24) is 9.78 Å². The predicted molar refractivity (Wildman–Crippen MR) is 111 cm³/mol. The molecule has 0 aliphatic rings. The van der Waals surface area contributed by atoms with Gasteiger partial charge in [0, 0.05) is 17.7 Å². The first-order chi connectivity index (χ1) is 14.1. The second-order valence-electron chi connectivity index (χ2n) is 6.35. The first-order valence-corrected chi connectivity index (χ1v) is 9.25. The molecule has 0 bridgehead atoms. The molecule has 0 aliphatic carbocycles. The summed E-state index contributed by atoms with van der Waals surface area (Å²) in [5.41, 5.74) is 1.60. The second-order valence-corrected chi connectivity index (χ2v) is 6.35. The van der Waals surface area contributed by atoms with Crippen molar-refractivity contribution in [2.24, 2.45) is 0 Å². The van der Waals surface area contributed by atoms with Gasteiger partial charge in [-0.05, 0) is 24.6 Å². The molecule has 1 amide bonds. The normalized spacial score (nSPS) is 11.6. The monoisotopic (exact) mass is 393 g/mol. The van der Waals surface area contributed by atoms with Crippen molar-refractivity contribution < 1.29 is 14.3 Å². The molecule has 3 rings (SSSR count). The molecule has 1 N–H and O–H groups in total. The van der Waals surface area contributed by atoms with E-state index in [1.807, 2.05) is 37.3 Å². The molecule has 7 nitrogen and oxygen atoms in total. The molecule has 150 valence electrons. The van der Waals surface area contributed by atoms with Crippen molar-refractivity contribution in [1.29, 1.82) is 0 Å². The van der Waals surface area contributed by atoms with E-state index in [-0.39, 0.29) is 11.5 Å². The van der Waals surface area contributed by atoms with Crippen LogP contribution in [-0.4, -0.2) is 29.9 Å². The van der Waals surface area contributed by atoms with Crippen LogP contribution in [0.5, 0.6) is 11.5 Å². The fourth-order valence-corrected chi connectivity index (χ4v) is 3.01. The lowest BCUT2D eigenvalue weighted by Crippen LogP contribution is -2.34. The van der Waals surface area contributed by atoms with Crippen LogP contribution in [0.15, 0.2) is 65.5 Å².